The van der Waals surface area contributed by atoms with Crippen molar-refractivity contribution in [2.24, 2.45) is 0 Å². The molecule has 2 aromatic rings. The van der Waals surface area contributed by atoms with Crippen molar-refractivity contribution in [3.05, 3.63) is 39.7 Å². The number of halogens is 2. The number of hydrogen-bond acceptors (Lipinski definition) is 2. The Morgan fingerprint density at radius 2 is 2.26 bits per heavy atom. The monoisotopic (exact) mass is 326 g/mol. The maximum atomic E-state index is 13.8. The molecule has 0 radical (unpaired) electrons. The van der Waals surface area contributed by atoms with Gasteiger partial charge in [-0.1, -0.05) is 15.9 Å². The van der Waals surface area contributed by atoms with Gasteiger partial charge >= 0.3 is 5.97 Å². The van der Waals surface area contributed by atoms with Crippen LogP contribution in [0.3, 0.4) is 0 Å². The summed E-state index contributed by atoms with van der Waals surface area (Å²) in [6.07, 6.45) is 0.368. The van der Waals surface area contributed by atoms with E-state index < -0.39 is 5.97 Å². The molecular weight excluding hydrogens is 315 g/mol. The average Bonchev–Trinajstić information content (AvgIpc) is 2.71. The van der Waals surface area contributed by atoms with E-state index in [1.807, 2.05) is 0 Å². The summed E-state index contributed by atoms with van der Waals surface area (Å²) in [6, 6.07) is 4.64. The van der Waals surface area contributed by atoms with Crippen molar-refractivity contribution in [3.8, 4) is 11.3 Å². The van der Waals surface area contributed by atoms with Crippen LogP contribution in [0.5, 0.6) is 0 Å². The molecule has 1 heterocycles. The minimum atomic E-state index is -0.871. The van der Waals surface area contributed by atoms with Crippen molar-refractivity contribution in [3.63, 3.8) is 0 Å². The number of aliphatic carboxylic acids is 1. The van der Waals surface area contributed by atoms with Crippen molar-refractivity contribution >= 4 is 21.9 Å². The van der Waals surface area contributed by atoms with Crippen LogP contribution >= 0.6 is 15.9 Å². The molecule has 0 saturated carbocycles. The lowest BCUT2D eigenvalue weighted by Gasteiger charge is -2.02. The van der Waals surface area contributed by atoms with Crippen molar-refractivity contribution in [2.45, 2.75) is 19.8 Å². The first-order valence-corrected chi connectivity index (χ1v) is 6.49. The fraction of sp³-hybridized carbons (Fsp3) is 0.231. The van der Waals surface area contributed by atoms with Gasteiger partial charge in [0.1, 0.15) is 5.82 Å². The maximum absolute atomic E-state index is 13.8. The van der Waals surface area contributed by atoms with Crippen LogP contribution in [-0.2, 0) is 11.2 Å². The molecule has 0 saturated heterocycles. The lowest BCUT2D eigenvalue weighted by atomic mass is 10.0. The van der Waals surface area contributed by atoms with Crippen LogP contribution in [0.1, 0.15) is 17.7 Å². The first-order valence-electron chi connectivity index (χ1n) is 5.70. The Labute approximate surface area is 117 Å². The van der Waals surface area contributed by atoms with Gasteiger partial charge < -0.3 is 5.11 Å². The molecule has 100 valence electrons. The van der Waals surface area contributed by atoms with Gasteiger partial charge in [0.05, 0.1) is 12.1 Å². The van der Waals surface area contributed by atoms with E-state index in [2.05, 4.69) is 26.1 Å². The highest BCUT2D eigenvalue weighted by Gasteiger charge is 2.15. The summed E-state index contributed by atoms with van der Waals surface area (Å²) in [7, 11) is 0. The minimum Gasteiger partial charge on any atom is -0.481 e. The van der Waals surface area contributed by atoms with Crippen LogP contribution in [0.25, 0.3) is 11.3 Å². The molecule has 0 fully saturated rings. The van der Waals surface area contributed by atoms with Gasteiger partial charge in [-0.2, -0.15) is 5.10 Å². The van der Waals surface area contributed by atoms with Gasteiger partial charge in [0.25, 0.3) is 0 Å². The molecular formula is C13H12BrFN2O2. The number of benzene rings is 1. The summed E-state index contributed by atoms with van der Waals surface area (Å²) in [5.41, 5.74) is 2.40. The molecule has 2 rings (SSSR count). The van der Waals surface area contributed by atoms with Gasteiger partial charge in [0, 0.05) is 15.7 Å². The second-order valence-electron chi connectivity index (χ2n) is 4.19. The molecule has 1 aromatic heterocycles. The molecule has 0 atom stereocenters. The van der Waals surface area contributed by atoms with Gasteiger partial charge in [0.2, 0.25) is 0 Å². The van der Waals surface area contributed by atoms with Gasteiger partial charge in [-0.05, 0) is 37.1 Å². The Hall–Kier alpha value is -1.69. The number of aryl methyl sites for hydroxylation is 1. The summed E-state index contributed by atoms with van der Waals surface area (Å²) in [5.74, 6) is -1.23. The molecule has 1 aromatic carbocycles. The molecule has 6 heteroatoms. The van der Waals surface area contributed by atoms with E-state index in [1.54, 1.807) is 19.1 Å². The number of aromatic nitrogens is 2. The Morgan fingerprint density at radius 3 is 2.95 bits per heavy atom. The minimum absolute atomic E-state index is 0.0173. The highest BCUT2D eigenvalue weighted by atomic mass is 79.9. The maximum Gasteiger partial charge on any atom is 0.303 e. The Balaban J connectivity index is 2.36. The van der Waals surface area contributed by atoms with E-state index >= 15 is 0 Å². The number of nitrogens with zero attached hydrogens (tertiary/aromatic N) is 1. The van der Waals surface area contributed by atoms with E-state index in [0.717, 1.165) is 15.7 Å². The SMILES string of the molecule is Cc1c(-c2cc(Br)ccc2F)n[nH]c1CCC(=O)O. The summed E-state index contributed by atoms with van der Waals surface area (Å²) in [6.45, 7) is 1.80. The van der Waals surface area contributed by atoms with E-state index in [9.17, 15) is 9.18 Å². The number of carboxylic acid groups (broad SMARTS) is 1. The summed E-state index contributed by atoms with van der Waals surface area (Å²) < 4.78 is 14.6. The fourth-order valence-electron chi connectivity index (χ4n) is 1.85. The van der Waals surface area contributed by atoms with Crippen LogP contribution in [0.4, 0.5) is 4.39 Å². The number of hydrogen-bond donors (Lipinski definition) is 2. The first-order chi connectivity index (χ1) is 8.99. The standard InChI is InChI=1S/C13H12BrFN2O2/c1-7-11(4-5-12(18)19)16-17-13(7)9-6-8(14)2-3-10(9)15/h2-3,6H,4-5H2,1H3,(H,16,17)(H,18,19). The predicted octanol–water partition coefficient (Wildman–Crippen LogP) is 3.30. The number of carbonyl (C=O) groups is 1. The van der Waals surface area contributed by atoms with Crippen LogP contribution in [-0.4, -0.2) is 21.3 Å². The highest BCUT2D eigenvalue weighted by Crippen LogP contribution is 2.28. The summed E-state index contributed by atoms with van der Waals surface area (Å²) in [5, 5.41) is 15.5. The fourth-order valence-corrected chi connectivity index (χ4v) is 2.21. The molecule has 0 unspecified atom stereocenters. The smallest absolute Gasteiger partial charge is 0.303 e. The zero-order valence-corrected chi connectivity index (χ0v) is 11.8. The summed E-state index contributed by atoms with van der Waals surface area (Å²) >= 11 is 3.29. The Bertz CT molecular complexity index is 625. The third-order valence-corrected chi connectivity index (χ3v) is 3.38. The zero-order chi connectivity index (χ0) is 14.0. The molecule has 0 amide bonds. The predicted molar refractivity (Wildman–Crippen MR) is 72.4 cm³/mol. The number of H-pyrrole nitrogens is 1. The van der Waals surface area contributed by atoms with Crippen molar-refractivity contribution in [2.75, 3.05) is 0 Å². The first kappa shape index (κ1) is 13.7. The van der Waals surface area contributed by atoms with Crippen molar-refractivity contribution < 1.29 is 14.3 Å². The second kappa shape index (κ2) is 5.52. The Kier molecular flexibility index (Phi) is 3.99. The largest absolute Gasteiger partial charge is 0.481 e. The molecule has 0 aliphatic carbocycles. The van der Waals surface area contributed by atoms with E-state index in [4.69, 9.17) is 5.11 Å². The molecule has 0 bridgehead atoms. The molecule has 0 spiro atoms. The number of rotatable bonds is 4. The van der Waals surface area contributed by atoms with Crippen molar-refractivity contribution in [1.82, 2.24) is 10.2 Å². The van der Waals surface area contributed by atoms with E-state index in [1.165, 1.54) is 6.07 Å². The number of aromatic amines is 1. The van der Waals surface area contributed by atoms with Crippen LogP contribution in [0, 0.1) is 12.7 Å². The molecule has 19 heavy (non-hydrogen) atoms. The molecule has 2 N–H and O–H groups in total. The third-order valence-electron chi connectivity index (χ3n) is 2.88. The Morgan fingerprint density at radius 1 is 1.53 bits per heavy atom. The van der Waals surface area contributed by atoms with Crippen LogP contribution in [0.15, 0.2) is 22.7 Å². The van der Waals surface area contributed by atoms with Gasteiger partial charge in [-0.3, -0.25) is 9.89 Å². The number of carboxylic acids is 1. The van der Waals surface area contributed by atoms with Gasteiger partial charge in [-0.25, -0.2) is 4.39 Å². The molecule has 4 nitrogen and oxygen atoms in total. The van der Waals surface area contributed by atoms with Crippen LogP contribution < -0.4 is 0 Å². The average molecular weight is 327 g/mol. The molecule has 0 aliphatic heterocycles. The van der Waals surface area contributed by atoms with Crippen LogP contribution in [0.2, 0.25) is 0 Å². The van der Waals surface area contributed by atoms with E-state index in [-0.39, 0.29) is 12.2 Å². The zero-order valence-electron chi connectivity index (χ0n) is 10.2. The topological polar surface area (TPSA) is 66.0 Å². The highest BCUT2D eigenvalue weighted by molar-refractivity contribution is 9.10. The number of nitrogens with one attached hydrogen (secondary N) is 1. The lowest BCUT2D eigenvalue weighted by Crippen LogP contribution is -1.98. The molecule has 0 aliphatic rings. The summed E-state index contributed by atoms with van der Waals surface area (Å²) in [4.78, 5) is 10.6. The second-order valence-corrected chi connectivity index (χ2v) is 5.11. The van der Waals surface area contributed by atoms with Crippen molar-refractivity contribution in [1.29, 1.82) is 0 Å². The normalized spacial score (nSPS) is 10.7. The van der Waals surface area contributed by atoms with Gasteiger partial charge in [-0.15, -0.1) is 0 Å². The lowest BCUT2D eigenvalue weighted by molar-refractivity contribution is -0.136. The third kappa shape index (κ3) is 3.01. The quantitative estimate of drug-likeness (QED) is 0.905. The van der Waals surface area contributed by atoms with Gasteiger partial charge in [0.15, 0.2) is 0 Å². The van der Waals surface area contributed by atoms with E-state index in [0.29, 0.717) is 17.7 Å².